The van der Waals surface area contributed by atoms with Crippen molar-refractivity contribution >= 4 is 33.2 Å². The number of carbonyl (C=O) groups is 1. The second-order valence-electron chi connectivity index (χ2n) is 4.72. The molecule has 0 saturated heterocycles. The van der Waals surface area contributed by atoms with Gasteiger partial charge in [0.05, 0.1) is 5.54 Å². The third kappa shape index (κ3) is 3.09. The summed E-state index contributed by atoms with van der Waals surface area (Å²) in [6, 6.07) is 2.10. The highest BCUT2D eigenvalue weighted by molar-refractivity contribution is 9.10. The first-order chi connectivity index (χ1) is 7.79. The number of carbonyl (C=O) groups excluding carboxylic acids is 1. The summed E-state index contributed by atoms with van der Waals surface area (Å²) in [6.07, 6.45) is 0. The van der Waals surface area contributed by atoms with Crippen LogP contribution in [0.25, 0.3) is 0 Å². The summed E-state index contributed by atoms with van der Waals surface area (Å²) in [5.41, 5.74) is 4.81. The van der Waals surface area contributed by atoms with Gasteiger partial charge in [-0.05, 0) is 47.1 Å². The van der Waals surface area contributed by atoms with E-state index in [0.29, 0.717) is 0 Å². The molecule has 1 rings (SSSR count). The summed E-state index contributed by atoms with van der Waals surface area (Å²) in [5, 5.41) is 5.36. The van der Waals surface area contributed by atoms with Crippen molar-refractivity contribution in [2.45, 2.75) is 39.3 Å². The summed E-state index contributed by atoms with van der Waals surface area (Å²) in [7, 11) is 0. The van der Waals surface area contributed by atoms with Crippen LogP contribution >= 0.6 is 27.3 Å². The van der Waals surface area contributed by atoms with E-state index in [0.717, 1.165) is 4.47 Å². The minimum atomic E-state index is -0.692. The van der Waals surface area contributed by atoms with Crippen molar-refractivity contribution in [2.75, 3.05) is 0 Å². The van der Waals surface area contributed by atoms with E-state index >= 15 is 0 Å². The SMILES string of the molecule is CC(NC(C)(C(N)=O)C(C)C)c1sccc1Br. The maximum absolute atomic E-state index is 11.6. The van der Waals surface area contributed by atoms with Gasteiger partial charge in [0, 0.05) is 15.4 Å². The van der Waals surface area contributed by atoms with E-state index in [4.69, 9.17) is 5.73 Å². The van der Waals surface area contributed by atoms with E-state index in [-0.39, 0.29) is 17.9 Å². The molecule has 5 heteroatoms. The van der Waals surface area contributed by atoms with E-state index < -0.39 is 5.54 Å². The normalized spacial score (nSPS) is 16.8. The lowest BCUT2D eigenvalue weighted by atomic mass is 9.87. The molecule has 0 aliphatic rings. The van der Waals surface area contributed by atoms with Crippen molar-refractivity contribution in [2.24, 2.45) is 11.7 Å². The van der Waals surface area contributed by atoms with Crippen LogP contribution in [0.3, 0.4) is 0 Å². The molecule has 3 nitrogen and oxygen atoms in total. The summed E-state index contributed by atoms with van der Waals surface area (Å²) in [5.74, 6) is -0.173. The predicted octanol–water partition coefficient (Wildman–Crippen LogP) is 3.06. The second kappa shape index (κ2) is 5.50. The van der Waals surface area contributed by atoms with Crippen LogP contribution < -0.4 is 11.1 Å². The molecule has 2 unspecified atom stereocenters. The molecule has 17 heavy (non-hydrogen) atoms. The molecule has 96 valence electrons. The minimum absolute atomic E-state index is 0.0873. The molecule has 1 aromatic heterocycles. The lowest BCUT2D eigenvalue weighted by Crippen LogP contribution is -2.57. The molecule has 0 aliphatic heterocycles. The van der Waals surface area contributed by atoms with Gasteiger partial charge in [-0.3, -0.25) is 10.1 Å². The van der Waals surface area contributed by atoms with Crippen LogP contribution in [-0.4, -0.2) is 11.4 Å². The van der Waals surface area contributed by atoms with Gasteiger partial charge in [0.15, 0.2) is 0 Å². The van der Waals surface area contributed by atoms with Crippen LogP contribution in [0.15, 0.2) is 15.9 Å². The fourth-order valence-corrected chi connectivity index (χ4v) is 3.38. The van der Waals surface area contributed by atoms with Crippen molar-refractivity contribution in [3.05, 3.63) is 20.8 Å². The first kappa shape index (κ1) is 14.7. The zero-order chi connectivity index (χ0) is 13.2. The average Bonchev–Trinajstić information content (AvgIpc) is 2.63. The number of halogens is 1. The maximum Gasteiger partial charge on any atom is 0.237 e. The van der Waals surface area contributed by atoms with Crippen LogP contribution in [0.4, 0.5) is 0 Å². The quantitative estimate of drug-likeness (QED) is 0.876. The van der Waals surface area contributed by atoms with Crippen molar-refractivity contribution in [3.8, 4) is 0 Å². The van der Waals surface area contributed by atoms with Gasteiger partial charge in [0.2, 0.25) is 5.91 Å². The van der Waals surface area contributed by atoms with E-state index in [1.54, 1.807) is 11.3 Å². The Morgan fingerprint density at radius 1 is 1.53 bits per heavy atom. The lowest BCUT2D eigenvalue weighted by molar-refractivity contribution is -0.125. The van der Waals surface area contributed by atoms with Gasteiger partial charge < -0.3 is 5.73 Å². The molecule has 1 heterocycles. The third-order valence-electron chi connectivity index (χ3n) is 3.22. The zero-order valence-corrected chi connectivity index (χ0v) is 13.0. The maximum atomic E-state index is 11.6. The Morgan fingerprint density at radius 3 is 2.47 bits per heavy atom. The van der Waals surface area contributed by atoms with E-state index in [2.05, 4.69) is 21.2 Å². The van der Waals surface area contributed by atoms with Gasteiger partial charge in [-0.2, -0.15) is 0 Å². The first-order valence-electron chi connectivity index (χ1n) is 5.59. The number of nitrogens with two attached hydrogens (primary N) is 1. The fraction of sp³-hybridized carbons (Fsp3) is 0.583. The molecule has 0 saturated carbocycles. The number of rotatable bonds is 5. The largest absolute Gasteiger partial charge is 0.368 e. The highest BCUT2D eigenvalue weighted by Crippen LogP contribution is 2.31. The van der Waals surface area contributed by atoms with E-state index in [1.807, 2.05) is 39.1 Å². The van der Waals surface area contributed by atoms with E-state index in [1.165, 1.54) is 4.88 Å². The molecule has 0 bridgehead atoms. The molecule has 0 spiro atoms. The van der Waals surface area contributed by atoms with Crippen molar-refractivity contribution in [1.29, 1.82) is 0 Å². The molecule has 0 aliphatic carbocycles. The zero-order valence-electron chi connectivity index (χ0n) is 10.6. The van der Waals surface area contributed by atoms with Gasteiger partial charge in [0.25, 0.3) is 0 Å². The Bertz CT molecular complexity index is 405. The van der Waals surface area contributed by atoms with Gasteiger partial charge >= 0.3 is 0 Å². The minimum Gasteiger partial charge on any atom is -0.368 e. The number of hydrogen-bond acceptors (Lipinski definition) is 3. The Kier molecular flexibility index (Phi) is 4.75. The van der Waals surface area contributed by atoms with E-state index in [9.17, 15) is 4.79 Å². The molecular formula is C12H19BrN2OS. The number of hydrogen-bond donors (Lipinski definition) is 2. The standard InChI is InChI=1S/C12H19BrN2OS/c1-7(2)12(4,11(14)16)15-8(3)10-9(13)5-6-17-10/h5-8,15H,1-4H3,(H2,14,16). The van der Waals surface area contributed by atoms with Crippen molar-refractivity contribution in [1.82, 2.24) is 5.32 Å². The highest BCUT2D eigenvalue weighted by Gasteiger charge is 2.36. The third-order valence-corrected chi connectivity index (χ3v) is 5.27. The number of primary amides is 1. The van der Waals surface area contributed by atoms with Crippen molar-refractivity contribution in [3.63, 3.8) is 0 Å². The van der Waals surface area contributed by atoms with Crippen LogP contribution in [0.2, 0.25) is 0 Å². The number of thiophene rings is 1. The monoisotopic (exact) mass is 318 g/mol. The Morgan fingerprint density at radius 2 is 2.12 bits per heavy atom. The summed E-state index contributed by atoms with van der Waals surface area (Å²) in [6.45, 7) is 7.89. The topological polar surface area (TPSA) is 55.1 Å². The number of nitrogens with one attached hydrogen (secondary N) is 1. The molecule has 0 aromatic carbocycles. The first-order valence-corrected chi connectivity index (χ1v) is 7.26. The summed E-state index contributed by atoms with van der Waals surface area (Å²) in [4.78, 5) is 12.8. The van der Waals surface area contributed by atoms with Crippen LogP contribution in [-0.2, 0) is 4.79 Å². The lowest BCUT2D eigenvalue weighted by Gasteiger charge is -2.34. The summed E-state index contributed by atoms with van der Waals surface area (Å²) < 4.78 is 1.07. The Balaban J connectivity index is 2.90. The fourth-order valence-electron chi connectivity index (χ4n) is 1.65. The molecule has 1 aromatic rings. The Labute approximate surface area is 115 Å². The van der Waals surface area contributed by atoms with Crippen molar-refractivity contribution < 1.29 is 4.79 Å². The molecule has 1 amide bonds. The van der Waals surface area contributed by atoms with Gasteiger partial charge in [-0.25, -0.2) is 0 Å². The molecule has 0 radical (unpaired) electrons. The van der Waals surface area contributed by atoms with Gasteiger partial charge in [-0.1, -0.05) is 13.8 Å². The molecule has 2 atom stereocenters. The molecule has 3 N–H and O–H groups in total. The van der Waals surface area contributed by atoms with Crippen LogP contribution in [0.1, 0.15) is 38.6 Å². The smallest absolute Gasteiger partial charge is 0.237 e. The Hall–Kier alpha value is -0.390. The predicted molar refractivity (Wildman–Crippen MR) is 76.0 cm³/mol. The molecular weight excluding hydrogens is 300 g/mol. The van der Waals surface area contributed by atoms with Crippen LogP contribution in [0, 0.1) is 5.92 Å². The second-order valence-corrected chi connectivity index (χ2v) is 6.52. The van der Waals surface area contributed by atoms with Gasteiger partial charge in [-0.15, -0.1) is 11.3 Å². The van der Waals surface area contributed by atoms with Gasteiger partial charge in [0.1, 0.15) is 0 Å². The summed E-state index contributed by atoms with van der Waals surface area (Å²) >= 11 is 5.16. The number of amides is 1. The molecule has 0 fully saturated rings. The van der Waals surface area contributed by atoms with Crippen LogP contribution in [0.5, 0.6) is 0 Å². The highest BCUT2D eigenvalue weighted by atomic mass is 79.9. The average molecular weight is 319 g/mol.